The summed E-state index contributed by atoms with van der Waals surface area (Å²) in [5, 5.41) is 7.96. The van der Waals surface area contributed by atoms with Gasteiger partial charge < -0.3 is 15.4 Å². The number of carbonyl (C=O) groups is 1. The van der Waals surface area contributed by atoms with Crippen molar-refractivity contribution in [3.63, 3.8) is 0 Å². The fourth-order valence-corrected chi connectivity index (χ4v) is 5.17. The number of benzene rings is 3. The zero-order chi connectivity index (χ0) is 23.7. The number of para-hydroxylation sites is 3. The number of rotatable bonds is 5. The molecule has 0 fully saturated rings. The molecule has 0 bridgehead atoms. The van der Waals surface area contributed by atoms with Crippen molar-refractivity contribution >= 4 is 28.8 Å². The van der Waals surface area contributed by atoms with Gasteiger partial charge in [0.25, 0.3) is 0 Å². The zero-order valence-corrected chi connectivity index (χ0v) is 20.2. The molecular formula is C29H29ClN2O2. The van der Waals surface area contributed by atoms with Crippen molar-refractivity contribution in [2.24, 2.45) is 0 Å². The molecule has 3 atom stereocenters. The van der Waals surface area contributed by atoms with Gasteiger partial charge in [0.1, 0.15) is 5.75 Å². The van der Waals surface area contributed by atoms with Crippen LogP contribution in [0.25, 0.3) is 0 Å². The van der Waals surface area contributed by atoms with Crippen LogP contribution in [0.5, 0.6) is 5.75 Å². The lowest BCUT2D eigenvalue weighted by Gasteiger charge is -2.31. The summed E-state index contributed by atoms with van der Waals surface area (Å²) in [4.78, 5) is 13.8. The summed E-state index contributed by atoms with van der Waals surface area (Å²) >= 11 is 6.52. The van der Waals surface area contributed by atoms with Crippen molar-refractivity contribution in [1.29, 1.82) is 0 Å². The zero-order valence-electron chi connectivity index (χ0n) is 19.5. The molecule has 0 aromatic heterocycles. The highest BCUT2D eigenvalue weighted by Crippen LogP contribution is 2.46. The molecule has 0 saturated carbocycles. The number of hydrogen-bond donors (Lipinski definition) is 2. The number of ether oxygens (including phenoxy) is 1. The first-order valence-electron chi connectivity index (χ1n) is 11.9. The van der Waals surface area contributed by atoms with Crippen molar-refractivity contribution in [1.82, 2.24) is 0 Å². The maximum Gasteiger partial charge on any atom is 0.163 e. The van der Waals surface area contributed by atoms with Crippen LogP contribution in [-0.2, 0) is 4.79 Å². The minimum atomic E-state index is -0.314. The molecule has 1 heterocycles. The fourth-order valence-electron chi connectivity index (χ4n) is 4.88. The number of anilines is 2. The minimum absolute atomic E-state index is 0.0324. The van der Waals surface area contributed by atoms with Gasteiger partial charge in [-0.05, 0) is 55.5 Å². The lowest BCUT2D eigenvalue weighted by molar-refractivity contribution is -0.116. The second-order valence-electron chi connectivity index (χ2n) is 9.06. The van der Waals surface area contributed by atoms with Crippen molar-refractivity contribution < 1.29 is 9.53 Å². The number of halogens is 1. The van der Waals surface area contributed by atoms with Crippen LogP contribution in [0.1, 0.15) is 56.2 Å². The van der Waals surface area contributed by atoms with Gasteiger partial charge in [0, 0.05) is 28.3 Å². The van der Waals surface area contributed by atoms with Gasteiger partial charge in [-0.2, -0.15) is 0 Å². The Morgan fingerprint density at radius 1 is 0.941 bits per heavy atom. The molecule has 1 aliphatic heterocycles. The van der Waals surface area contributed by atoms with Crippen molar-refractivity contribution in [2.75, 3.05) is 10.6 Å². The van der Waals surface area contributed by atoms with E-state index in [0.717, 1.165) is 45.9 Å². The van der Waals surface area contributed by atoms with E-state index in [2.05, 4.69) is 30.5 Å². The Morgan fingerprint density at radius 3 is 2.38 bits per heavy atom. The average molecular weight is 473 g/mol. The third kappa shape index (κ3) is 4.30. The molecule has 174 valence electrons. The second-order valence-corrected chi connectivity index (χ2v) is 9.47. The standard InChI is InChI=1S/C29H29ClN2O2/c1-3-18(2)34-27-15-9-5-11-21(27)29-28-25(31-23-13-7-8-14-24(23)32-29)16-19(17-26(28)33)20-10-4-6-12-22(20)30/h4-15,18-19,29,31-32H,3,16-17H2,1-2H3. The number of allylic oxidation sites excluding steroid dienone is 1. The minimum Gasteiger partial charge on any atom is -0.490 e. The summed E-state index contributed by atoms with van der Waals surface area (Å²) < 4.78 is 6.29. The number of hydrogen-bond acceptors (Lipinski definition) is 4. The molecule has 5 heteroatoms. The van der Waals surface area contributed by atoms with E-state index >= 15 is 0 Å². The maximum absolute atomic E-state index is 13.8. The molecule has 0 amide bonds. The maximum atomic E-state index is 13.8. The highest BCUT2D eigenvalue weighted by atomic mass is 35.5. The lowest BCUT2D eigenvalue weighted by atomic mass is 9.78. The van der Waals surface area contributed by atoms with E-state index in [4.69, 9.17) is 16.3 Å². The average Bonchev–Trinajstić information content (AvgIpc) is 3.01. The van der Waals surface area contributed by atoms with Crippen LogP contribution in [0, 0.1) is 0 Å². The molecule has 3 unspecified atom stereocenters. The fraction of sp³-hybridized carbons (Fsp3) is 0.276. The van der Waals surface area contributed by atoms with Crippen molar-refractivity contribution in [3.8, 4) is 5.75 Å². The van der Waals surface area contributed by atoms with Crippen LogP contribution in [-0.4, -0.2) is 11.9 Å². The van der Waals surface area contributed by atoms with Crippen LogP contribution in [0.15, 0.2) is 84.1 Å². The monoisotopic (exact) mass is 472 g/mol. The first-order chi connectivity index (χ1) is 16.5. The lowest BCUT2D eigenvalue weighted by Crippen LogP contribution is -2.27. The molecule has 0 radical (unpaired) electrons. The summed E-state index contributed by atoms with van der Waals surface area (Å²) in [6.45, 7) is 4.18. The summed E-state index contributed by atoms with van der Waals surface area (Å²) in [7, 11) is 0. The summed E-state index contributed by atoms with van der Waals surface area (Å²) in [6.07, 6.45) is 2.12. The van der Waals surface area contributed by atoms with Gasteiger partial charge in [-0.15, -0.1) is 0 Å². The first kappa shape index (κ1) is 22.5. The molecule has 1 aliphatic carbocycles. The molecule has 34 heavy (non-hydrogen) atoms. The van der Waals surface area contributed by atoms with Crippen LogP contribution < -0.4 is 15.4 Å². The van der Waals surface area contributed by atoms with Gasteiger partial charge in [-0.25, -0.2) is 0 Å². The Bertz CT molecular complexity index is 1250. The van der Waals surface area contributed by atoms with Gasteiger partial charge in [-0.3, -0.25) is 4.79 Å². The van der Waals surface area contributed by atoms with Crippen molar-refractivity contribution in [3.05, 3.63) is 100 Å². The van der Waals surface area contributed by atoms with E-state index in [0.29, 0.717) is 17.9 Å². The van der Waals surface area contributed by atoms with Gasteiger partial charge >= 0.3 is 0 Å². The molecule has 5 rings (SSSR count). The van der Waals surface area contributed by atoms with Gasteiger partial charge in [0.15, 0.2) is 5.78 Å². The summed E-state index contributed by atoms with van der Waals surface area (Å²) in [5.41, 5.74) is 5.64. The number of carbonyl (C=O) groups excluding carboxylic acids is 1. The molecule has 3 aromatic rings. The van der Waals surface area contributed by atoms with Gasteiger partial charge in [0.2, 0.25) is 0 Å². The third-order valence-corrected chi connectivity index (χ3v) is 7.13. The number of ketones is 1. The third-order valence-electron chi connectivity index (χ3n) is 6.79. The van der Waals surface area contributed by atoms with Crippen LogP contribution in [0.3, 0.4) is 0 Å². The van der Waals surface area contributed by atoms with E-state index in [1.807, 2.05) is 66.7 Å². The quantitative estimate of drug-likeness (QED) is 0.403. The highest BCUT2D eigenvalue weighted by Gasteiger charge is 2.37. The smallest absolute Gasteiger partial charge is 0.163 e. The SMILES string of the molecule is CCC(C)Oc1ccccc1C1Nc2ccccc2NC2=C1C(=O)CC(c1ccccc1Cl)C2. The Balaban J connectivity index is 1.62. The van der Waals surface area contributed by atoms with E-state index < -0.39 is 0 Å². The number of nitrogens with one attached hydrogen (secondary N) is 2. The molecule has 3 aromatic carbocycles. The normalized spacial score (nSPS) is 20.4. The second kappa shape index (κ2) is 9.55. The topological polar surface area (TPSA) is 50.4 Å². The van der Waals surface area contributed by atoms with E-state index in [1.165, 1.54) is 0 Å². The predicted octanol–water partition coefficient (Wildman–Crippen LogP) is 7.50. The van der Waals surface area contributed by atoms with Crippen molar-refractivity contribution in [2.45, 2.75) is 51.2 Å². The van der Waals surface area contributed by atoms with Gasteiger partial charge in [-0.1, -0.05) is 67.1 Å². The van der Waals surface area contributed by atoms with Gasteiger partial charge in [0.05, 0.1) is 23.5 Å². The Morgan fingerprint density at radius 2 is 1.62 bits per heavy atom. The van der Waals surface area contributed by atoms with E-state index in [9.17, 15) is 4.79 Å². The Kier molecular flexibility index (Phi) is 6.34. The molecule has 2 aliphatic rings. The Hall–Kier alpha value is -3.24. The first-order valence-corrected chi connectivity index (χ1v) is 12.3. The largest absolute Gasteiger partial charge is 0.490 e. The number of Topliss-reactive ketones (excluding diaryl/α,β-unsaturated/α-hetero) is 1. The van der Waals surface area contributed by atoms with E-state index in [1.54, 1.807) is 0 Å². The summed E-state index contributed by atoms with van der Waals surface area (Å²) in [6, 6.07) is 23.7. The van der Waals surface area contributed by atoms with Crippen LogP contribution in [0.2, 0.25) is 5.02 Å². The molecular weight excluding hydrogens is 444 g/mol. The van der Waals surface area contributed by atoms with E-state index in [-0.39, 0.29) is 23.8 Å². The van der Waals surface area contributed by atoms with Crippen LogP contribution >= 0.6 is 11.6 Å². The molecule has 2 N–H and O–H groups in total. The predicted molar refractivity (Wildman–Crippen MR) is 139 cm³/mol. The number of fused-ring (bicyclic) bond motifs is 1. The molecule has 4 nitrogen and oxygen atoms in total. The summed E-state index contributed by atoms with van der Waals surface area (Å²) in [5.74, 6) is 0.967. The molecule has 0 spiro atoms. The highest BCUT2D eigenvalue weighted by molar-refractivity contribution is 6.31. The Labute approximate surface area is 206 Å². The molecule has 0 saturated heterocycles. The van der Waals surface area contributed by atoms with Crippen LogP contribution in [0.4, 0.5) is 11.4 Å².